The highest BCUT2D eigenvalue weighted by atomic mass is 16.5. The lowest BCUT2D eigenvalue weighted by atomic mass is 10.3. The van der Waals surface area contributed by atoms with Crippen molar-refractivity contribution in [3.8, 4) is 5.88 Å². The number of nitrogens with two attached hydrogens (primary N) is 1. The van der Waals surface area contributed by atoms with Crippen molar-refractivity contribution < 1.29 is 9.84 Å². The fraction of sp³-hybridized carbons (Fsp3) is 0.667. The topological polar surface area (TPSA) is 74.8 Å². The molecule has 1 saturated heterocycles. The number of pyridine rings is 1. The zero-order valence-electron chi connectivity index (χ0n) is 13.0. The molecule has 0 amide bonds. The molecule has 0 bridgehead atoms. The third kappa shape index (κ3) is 4.47. The molecule has 6 nitrogen and oxygen atoms in total. The summed E-state index contributed by atoms with van der Waals surface area (Å²) in [6, 6.07) is 3.81. The normalized spacial score (nSPS) is 17.0. The minimum Gasteiger partial charge on any atom is -0.473 e. The summed E-state index contributed by atoms with van der Waals surface area (Å²) < 4.78 is 5.66. The number of anilines is 2. The summed E-state index contributed by atoms with van der Waals surface area (Å²) in [6.07, 6.45) is 1.12. The van der Waals surface area contributed by atoms with Crippen molar-refractivity contribution >= 4 is 11.5 Å². The number of rotatable bonds is 5. The van der Waals surface area contributed by atoms with Gasteiger partial charge in [-0.25, -0.2) is 0 Å². The number of aromatic nitrogens is 1. The van der Waals surface area contributed by atoms with Gasteiger partial charge >= 0.3 is 0 Å². The highest BCUT2D eigenvalue weighted by Crippen LogP contribution is 2.24. The highest BCUT2D eigenvalue weighted by molar-refractivity contribution is 5.54. The van der Waals surface area contributed by atoms with Crippen LogP contribution in [0.15, 0.2) is 12.1 Å². The quantitative estimate of drug-likeness (QED) is 0.842. The maximum absolute atomic E-state index is 9.05. The van der Waals surface area contributed by atoms with E-state index in [2.05, 4.69) is 14.8 Å². The SMILES string of the molecule is CC(C)Oc1nc(N2CCCN(CCO)CC2)ccc1N. The van der Waals surface area contributed by atoms with Crippen LogP contribution in [0.25, 0.3) is 0 Å². The third-order valence-electron chi connectivity index (χ3n) is 3.55. The Hall–Kier alpha value is -1.53. The van der Waals surface area contributed by atoms with Gasteiger partial charge in [-0.2, -0.15) is 4.98 Å². The van der Waals surface area contributed by atoms with Crippen LogP contribution in [0.3, 0.4) is 0 Å². The predicted molar refractivity (Wildman–Crippen MR) is 84.8 cm³/mol. The lowest BCUT2D eigenvalue weighted by Crippen LogP contribution is -2.32. The van der Waals surface area contributed by atoms with Crippen LogP contribution in [0.2, 0.25) is 0 Å². The molecule has 1 aliphatic heterocycles. The molecular formula is C15H26N4O2. The second kappa shape index (κ2) is 7.47. The van der Waals surface area contributed by atoms with Crippen molar-refractivity contribution in [2.24, 2.45) is 0 Å². The Kier molecular flexibility index (Phi) is 5.64. The monoisotopic (exact) mass is 294 g/mol. The smallest absolute Gasteiger partial charge is 0.239 e. The number of hydrogen-bond acceptors (Lipinski definition) is 6. The highest BCUT2D eigenvalue weighted by Gasteiger charge is 2.17. The fourth-order valence-corrected chi connectivity index (χ4v) is 2.50. The molecule has 0 unspecified atom stereocenters. The van der Waals surface area contributed by atoms with Gasteiger partial charge in [-0.05, 0) is 38.9 Å². The van der Waals surface area contributed by atoms with E-state index < -0.39 is 0 Å². The first-order chi connectivity index (χ1) is 10.1. The van der Waals surface area contributed by atoms with Crippen molar-refractivity contribution in [1.82, 2.24) is 9.88 Å². The van der Waals surface area contributed by atoms with E-state index >= 15 is 0 Å². The van der Waals surface area contributed by atoms with Crippen LogP contribution >= 0.6 is 0 Å². The van der Waals surface area contributed by atoms with Crippen LogP contribution in [-0.4, -0.2) is 60.4 Å². The van der Waals surface area contributed by atoms with Gasteiger partial charge in [-0.3, -0.25) is 4.90 Å². The Bertz CT molecular complexity index is 453. The van der Waals surface area contributed by atoms with Crippen LogP contribution in [0.1, 0.15) is 20.3 Å². The van der Waals surface area contributed by atoms with Crippen LogP contribution in [0.4, 0.5) is 11.5 Å². The second-order valence-electron chi connectivity index (χ2n) is 5.64. The molecule has 1 aromatic rings. The third-order valence-corrected chi connectivity index (χ3v) is 3.55. The largest absolute Gasteiger partial charge is 0.473 e. The van der Waals surface area contributed by atoms with Gasteiger partial charge in [0, 0.05) is 26.2 Å². The van der Waals surface area contributed by atoms with E-state index in [4.69, 9.17) is 15.6 Å². The lowest BCUT2D eigenvalue weighted by Gasteiger charge is -2.23. The Morgan fingerprint density at radius 3 is 2.81 bits per heavy atom. The molecule has 2 rings (SSSR count). The molecule has 6 heteroatoms. The summed E-state index contributed by atoms with van der Waals surface area (Å²) in [7, 11) is 0. The van der Waals surface area contributed by atoms with Gasteiger partial charge < -0.3 is 20.5 Å². The fourth-order valence-electron chi connectivity index (χ4n) is 2.50. The number of β-amino-alcohol motifs (C(OH)–C–C–N with tert-alkyl or cyclic N) is 1. The maximum atomic E-state index is 9.05. The van der Waals surface area contributed by atoms with Crippen LogP contribution in [0, 0.1) is 0 Å². The van der Waals surface area contributed by atoms with E-state index in [1.165, 1.54) is 0 Å². The molecule has 0 atom stereocenters. The van der Waals surface area contributed by atoms with Gasteiger partial charge in [0.25, 0.3) is 0 Å². The minimum atomic E-state index is 0.0548. The van der Waals surface area contributed by atoms with E-state index in [0.717, 1.165) is 45.0 Å². The summed E-state index contributed by atoms with van der Waals surface area (Å²) in [4.78, 5) is 9.09. The molecule has 0 aromatic carbocycles. The molecule has 0 saturated carbocycles. The average molecular weight is 294 g/mol. The van der Waals surface area contributed by atoms with E-state index in [1.54, 1.807) is 0 Å². The standard InChI is InChI=1S/C15H26N4O2/c1-12(2)21-15-13(16)4-5-14(17-15)19-7-3-6-18(8-9-19)10-11-20/h4-5,12,20H,3,6-11,16H2,1-2H3. The molecule has 0 spiro atoms. The van der Waals surface area contributed by atoms with Gasteiger partial charge in [0.15, 0.2) is 0 Å². The van der Waals surface area contributed by atoms with Crippen LogP contribution in [-0.2, 0) is 0 Å². The van der Waals surface area contributed by atoms with Crippen molar-refractivity contribution in [2.45, 2.75) is 26.4 Å². The summed E-state index contributed by atoms with van der Waals surface area (Å²) in [6.45, 7) is 8.70. The van der Waals surface area contributed by atoms with Gasteiger partial charge in [0.05, 0.1) is 18.4 Å². The van der Waals surface area contributed by atoms with E-state index in [9.17, 15) is 0 Å². The molecule has 118 valence electrons. The summed E-state index contributed by atoms with van der Waals surface area (Å²) >= 11 is 0. The first-order valence-electron chi connectivity index (χ1n) is 7.61. The zero-order chi connectivity index (χ0) is 15.2. The summed E-state index contributed by atoms with van der Waals surface area (Å²) in [5.74, 6) is 1.42. The lowest BCUT2D eigenvalue weighted by molar-refractivity contribution is 0.204. The summed E-state index contributed by atoms with van der Waals surface area (Å²) in [5.41, 5.74) is 6.49. The summed E-state index contributed by atoms with van der Waals surface area (Å²) in [5, 5.41) is 9.05. The molecule has 1 aromatic heterocycles. The van der Waals surface area contributed by atoms with Gasteiger partial charge in [0.2, 0.25) is 5.88 Å². The molecule has 0 radical (unpaired) electrons. The number of nitrogens with zero attached hydrogens (tertiary/aromatic N) is 3. The van der Waals surface area contributed by atoms with Crippen molar-refractivity contribution in [1.29, 1.82) is 0 Å². The maximum Gasteiger partial charge on any atom is 0.239 e. The molecule has 1 fully saturated rings. The van der Waals surface area contributed by atoms with Crippen molar-refractivity contribution in [3.05, 3.63) is 12.1 Å². The Morgan fingerprint density at radius 1 is 1.29 bits per heavy atom. The molecule has 21 heavy (non-hydrogen) atoms. The predicted octanol–water partition coefficient (Wildman–Crippen LogP) is 0.955. The number of hydrogen-bond donors (Lipinski definition) is 2. The van der Waals surface area contributed by atoms with Crippen molar-refractivity contribution in [3.63, 3.8) is 0 Å². The van der Waals surface area contributed by atoms with Crippen LogP contribution in [0.5, 0.6) is 5.88 Å². The van der Waals surface area contributed by atoms with E-state index in [0.29, 0.717) is 11.6 Å². The number of ether oxygens (including phenoxy) is 1. The zero-order valence-corrected chi connectivity index (χ0v) is 13.0. The Morgan fingerprint density at radius 2 is 2.10 bits per heavy atom. The Labute approximate surface area is 126 Å². The molecule has 1 aliphatic rings. The number of aliphatic hydroxyl groups is 1. The van der Waals surface area contributed by atoms with Crippen molar-refractivity contribution in [2.75, 3.05) is 50.0 Å². The Balaban J connectivity index is 2.07. The molecular weight excluding hydrogens is 268 g/mol. The minimum absolute atomic E-state index is 0.0548. The van der Waals surface area contributed by atoms with Gasteiger partial charge in [-0.15, -0.1) is 0 Å². The molecule has 2 heterocycles. The molecule has 0 aliphatic carbocycles. The number of nitrogen functional groups attached to an aromatic ring is 1. The average Bonchev–Trinajstić information content (AvgIpc) is 2.67. The van der Waals surface area contributed by atoms with Crippen LogP contribution < -0.4 is 15.4 Å². The van der Waals surface area contributed by atoms with E-state index in [1.807, 2.05) is 26.0 Å². The van der Waals surface area contributed by atoms with E-state index in [-0.39, 0.29) is 12.7 Å². The molecule has 3 N–H and O–H groups in total. The first-order valence-corrected chi connectivity index (χ1v) is 7.61. The van der Waals surface area contributed by atoms with Gasteiger partial charge in [-0.1, -0.05) is 0 Å². The first kappa shape index (κ1) is 15.9. The van der Waals surface area contributed by atoms with Gasteiger partial charge in [0.1, 0.15) is 5.82 Å². The number of aliphatic hydroxyl groups excluding tert-OH is 1. The second-order valence-corrected chi connectivity index (χ2v) is 5.64.